The van der Waals surface area contributed by atoms with Gasteiger partial charge in [0, 0.05) is 17.1 Å². The van der Waals surface area contributed by atoms with Crippen molar-refractivity contribution in [3.63, 3.8) is 0 Å². The highest BCUT2D eigenvalue weighted by atomic mass is 32.1. The van der Waals surface area contributed by atoms with Crippen molar-refractivity contribution in [2.75, 3.05) is 0 Å². The molecule has 1 aromatic carbocycles. The Bertz CT molecular complexity index is 543. The summed E-state index contributed by atoms with van der Waals surface area (Å²) in [6.07, 6.45) is 1.75. The molecule has 0 amide bonds. The van der Waals surface area contributed by atoms with Crippen LogP contribution in [-0.2, 0) is 0 Å². The van der Waals surface area contributed by atoms with E-state index in [-0.39, 0.29) is 0 Å². The summed E-state index contributed by atoms with van der Waals surface area (Å²) in [4.78, 5) is 4.22. The molecular formula is C11H7N4S. The van der Waals surface area contributed by atoms with Crippen LogP contribution >= 0.6 is 11.3 Å². The van der Waals surface area contributed by atoms with Crippen LogP contribution in [0.1, 0.15) is 10.6 Å². The van der Waals surface area contributed by atoms with Gasteiger partial charge in [0.1, 0.15) is 10.7 Å². The largest absolute Gasteiger partial charge is 0.243 e. The van der Waals surface area contributed by atoms with Crippen LogP contribution in [0.5, 0.6) is 0 Å². The lowest BCUT2D eigenvalue weighted by Gasteiger charge is -1.99. The molecule has 2 heterocycles. The molecular weight excluding hydrogens is 220 g/mol. The smallest absolute Gasteiger partial charge is 0.151 e. The van der Waals surface area contributed by atoms with E-state index in [2.05, 4.69) is 20.7 Å². The van der Waals surface area contributed by atoms with Gasteiger partial charge in [0.25, 0.3) is 0 Å². The Morgan fingerprint density at radius 3 is 2.50 bits per heavy atom. The molecule has 5 heteroatoms. The van der Waals surface area contributed by atoms with E-state index in [0.29, 0.717) is 0 Å². The van der Waals surface area contributed by atoms with E-state index >= 15 is 0 Å². The first-order chi connectivity index (χ1) is 7.95. The second kappa shape index (κ2) is 3.86. The van der Waals surface area contributed by atoms with E-state index in [1.807, 2.05) is 35.7 Å². The molecule has 0 saturated carbocycles. The number of aromatic nitrogens is 1. The summed E-state index contributed by atoms with van der Waals surface area (Å²) in [6, 6.07) is 9.88. The summed E-state index contributed by atoms with van der Waals surface area (Å²) in [5.41, 5.74) is 6.27. The molecule has 0 aliphatic carbocycles. The predicted molar refractivity (Wildman–Crippen MR) is 63.8 cm³/mol. The van der Waals surface area contributed by atoms with Crippen LogP contribution in [0.25, 0.3) is 0 Å². The quantitative estimate of drug-likeness (QED) is 0.772. The van der Waals surface area contributed by atoms with Gasteiger partial charge in [0.2, 0.25) is 0 Å². The molecule has 16 heavy (non-hydrogen) atoms. The number of thiazole rings is 1. The lowest BCUT2D eigenvalue weighted by molar-refractivity contribution is 0.811. The van der Waals surface area contributed by atoms with Gasteiger partial charge in [-0.15, -0.1) is 21.5 Å². The third-order valence-electron chi connectivity index (χ3n) is 2.20. The fourth-order valence-corrected chi connectivity index (χ4v) is 2.10. The summed E-state index contributed by atoms with van der Waals surface area (Å²) in [5, 5.41) is 10.8. The van der Waals surface area contributed by atoms with E-state index in [1.165, 1.54) is 11.3 Å². The lowest BCUT2D eigenvalue weighted by atomic mass is 10.1. The van der Waals surface area contributed by atoms with Gasteiger partial charge < -0.3 is 0 Å². The van der Waals surface area contributed by atoms with Crippen molar-refractivity contribution >= 4 is 22.8 Å². The monoisotopic (exact) mass is 227 g/mol. The van der Waals surface area contributed by atoms with Crippen molar-refractivity contribution in [2.45, 2.75) is 0 Å². The lowest BCUT2D eigenvalue weighted by Crippen LogP contribution is -2.13. The van der Waals surface area contributed by atoms with Gasteiger partial charge in [-0.05, 0) is 5.53 Å². The van der Waals surface area contributed by atoms with Gasteiger partial charge in [0.15, 0.2) is 5.71 Å². The maximum absolute atomic E-state index is 4.22. The normalized spacial score (nSPS) is 14.2. The summed E-state index contributed by atoms with van der Waals surface area (Å²) in [6.45, 7) is 0. The first-order valence-corrected chi connectivity index (χ1v) is 5.64. The van der Waals surface area contributed by atoms with Crippen LogP contribution in [0.4, 0.5) is 0 Å². The van der Waals surface area contributed by atoms with Crippen molar-refractivity contribution < 1.29 is 0 Å². The minimum absolute atomic E-state index is 0.751. The van der Waals surface area contributed by atoms with Crippen molar-refractivity contribution in [1.29, 1.82) is 0 Å². The standard InChI is InChI=1S/C11H7N4S/c1-2-4-8(5-3-1)9-10(14-15-13-9)11-12-6-7-16-11/h1-7H. The maximum atomic E-state index is 4.22. The highest BCUT2D eigenvalue weighted by molar-refractivity contribution is 7.12. The molecule has 3 rings (SSSR count). The zero-order chi connectivity index (χ0) is 10.8. The topological polar surface area (TPSA) is 51.7 Å². The van der Waals surface area contributed by atoms with Crippen LogP contribution < -0.4 is 5.53 Å². The van der Waals surface area contributed by atoms with Gasteiger partial charge in [-0.3, -0.25) is 0 Å². The predicted octanol–water partition coefficient (Wildman–Crippen LogP) is 1.87. The zero-order valence-electron chi connectivity index (χ0n) is 8.24. The fourth-order valence-electron chi connectivity index (χ4n) is 1.48. The van der Waals surface area contributed by atoms with E-state index in [4.69, 9.17) is 0 Å². The number of hydrogen-bond donors (Lipinski definition) is 0. The Hall–Kier alpha value is -2.01. The van der Waals surface area contributed by atoms with E-state index < -0.39 is 0 Å². The fraction of sp³-hybridized carbons (Fsp3) is 0. The highest BCUT2D eigenvalue weighted by Crippen LogP contribution is 2.14. The van der Waals surface area contributed by atoms with Crippen LogP contribution in [-0.4, -0.2) is 16.4 Å². The molecule has 0 spiro atoms. The molecule has 1 aliphatic heterocycles. The Morgan fingerprint density at radius 1 is 0.938 bits per heavy atom. The number of rotatable bonds is 2. The average Bonchev–Trinajstić information content (AvgIpc) is 3.01. The van der Waals surface area contributed by atoms with Gasteiger partial charge in [0.05, 0.1) is 0 Å². The van der Waals surface area contributed by atoms with Crippen LogP contribution in [0.3, 0.4) is 0 Å². The average molecular weight is 227 g/mol. The van der Waals surface area contributed by atoms with Gasteiger partial charge in [-0.1, -0.05) is 30.3 Å². The van der Waals surface area contributed by atoms with Crippen molar-refractivity contribution in [3.8, 4) is 0 Å². The van der Waals surface area contributed by atoms with Crippen LogP contribution in [0, 0.1) is 0 Å². The zero-order valence-corrected chi connectivity index (χ0v) is 9.06. The molecule has 2 aromatic rings. The molecule has 0 bridgehead atoms. The molecule has 0 saturated heterocycles. The Balaban J connectivity index is 2.02. The van der Waals surface area contributed by atoms with Crippen LogP contribution in [0.2, 0.25) is 0 Å². The molecule has 1 radical (unpaired) electrons. The summed E-state index contributed by atoms with van der Waals surface area (Å²) in [5.74, 6) is 0. The summed E-state index contributed by atoms with van der Waals surface area (Å²) in [7, 11) is 0. The van der Waals surface area contributed by atoms with Crippen molar-refractivity contribution in [2.24, 2.45) is 10.2 Å². The highest BCUT2D eigenvalue weighted by Gasteiger charge is 2.21. The molecule has 77 valence electrons. The Labute approximate surface area is 96.4 Å². The van der Waals surface area contributed by atoms with Gasteiger partial charge in [-0.25, -0.2) is 4.98 Å². The minimum atomic E-state index is 0.751. The summed E-state index contributed by atoms with van der Waals surface area (Å²) < 4.78 is 0. The first kappa shape index (κ1) is 9.23. The number of nitrogens with zero attached hydrogens (tertiary/aromatic N) is 4. The third-order valence-corrected chi connectivity index (χ3v) is 2.98. The minimum Gasteiger partial charge on any atom is -0.243 e. The van der Waals surface area contributed by atoms with E-state index in [0.717, 1.165) is 22.0 Å². The molecule has 0 N–H and O–H groups in total. The van der Waals surface area contributed by atoms with Gasteiger partial charge >= 0.3 is 0 Å². The number of benzene rings is 1. The second-order valence-corrected chi connectivity index (χ2v) is 4.08. The molecule has 0 unspecified atom stereocenters. The van der Waals surface area contributed by atoms with Crippen molar-refractivity contribution in [1.82, 2.24) is 10.5 Å². The Morgan fingerprint density at radius 2 is 1.75 bits per heavy atom. The number of hydrogen-bond acceptors (Lipinski definition) is 4. The Kier molecular flexibility index (Phi) is 2.23. The molecule has 1 aromatic heterocycles. The second-order valence-electron chi connectivity index (χ2n) is 3.19. The first-order valence-electron chi connectivity index (χ1n) is 4.76. The van der Waals surface area contributed by atoms with Crippen LogP contribution in [0.15, 0.2) is 52.1 Å². The SMILES string of the molecule is c1ccc(C2=N[N]N=C2c2nccs2)cc1. The van der Waals surface area contributed by atoms with E-state index in [1.54, 1.807) is 6.20 Å². The summed E-state index contributed by atoms with van der Waals surface area (Å²) >= 11 is 1.54. The molecule has 0 atom stereocenters. The maximum Gasteiger partial charge on any atom is 0.151 e. The molecule has 0 fully saturated rings. The molecule has 4 nitrogen and oxygen atoms in total. The van der Waals surface area contributed by atoms with Gasteiger partial charge in [-0.2, -0.15) is 0 Å². The third kappa shape index (κ3) is 1.51. The van der Waals surface area contributed by atoms with E-state index in [9.17, 15) is 0 Å². The molecule has 1 aliphatic rings. The van der Waals surface area contributed by atoms with Crippen molar-refractivity contribution in [3.05, 3.63) is 52.5 Å².